The highest BCUT2D eigenvalue weighted by Gasteiger charge is 2.29. The van der Waals surface area contributed by atoms with Gasteiger partial charge in [-0.15, -0.1) is 0 Å². The summed E-state index contributed by atoms with van der Waals surface area (Å²) in [7, 11) is 0. The molecule has 1 aromatic heterocycles. The molecule has 1 heteroatoms. The highest BCUT2D eigenvalue weighted by atomic mass is 16.3. The lowest BCUT2D eigenvalue weighted by atomic mass is 9.72. The van der Waals surface area contributed by atoms with Gasteiger partial charge >= 0.3 is 0 Å². The van der Waals surface area contributed by atoms with E-state index in [1.165, 1.54) is 70.6 Å². The Morgan fingerprint density at radius 2 is 1.29 bits per heavy atom. The summed E-state index contributed by atoms with van der Waals surface area (Å²) in [6, 6.07) is 44.2. The maximum absolute atomic E-state index is 6.35. The van der Waals surface area contributed by atoms with Crippen LogP contribution in [0.5, 0.6) is 0 Å². The normalized spacial score (nSPS) is 16.4. The third-order valence-corrected chi connectivity index (χ3v) is 8.99. The van der Waals surface area contributed by atoms with Crippen LogP contribution in [0.1, 0.15) is 17.5 Å². The second kappa shape index (κ2) is 8.68. The summed E-state index contributed by atoms with van der Waals surface area (Å²) in [6.45, 7) is 0. The van der Waals surface area contributed by atoms with Gasteiger partial charge in [0.1, 0.15) is 11.2 Å². The Kier molecular flexibility index (Phi) is 4.80. The lowest BCUT2D eigenvalue weighted by Gasteiger charge is -2.31. The second-order valence-electron chi connectivity index (χ2n) is 11.2. The van der Waals surface area contributed by atoms with Crippen LogP contribution in [0.25, 0.3) is 54.6 Å². The molecule has 0 spiro atoms. The molecule has 9 rings (SSSR count). The average Bonchev–Trinajstić information content (AvgIpc) is 3.42. The van der Waals surface area contributed by atoms with Crippen molar-refractivity contribution < 1.29 is 4.42 Å². The molecule has 1 unspecified atom stereocenters. The average molecular weight is 523 g/mol. The molecule has 0 saturated carbocycles. The van der Waals surface area contributed by atoms with E-state index < -0.39 is 0 Å². The van der Waals surface area contributed by atoms with Crippen LogP contribution in [0, 0.1) is 5.92 Å². The van der Waals surface area contributed by atoms with E-state index in [0.717, 1.165) is 17.6 Å². The van der Waals surface area contributed by atoms with Crippen molar-refractivity contribution in [1.82, 2.24) is 0 Å². The molecule has 1 nitrogen and oxygen atoms in total. The maximum atomic E-state index is 6.35. The number of hydrogen-bond acceptors (Lipinski definition) is 1. The summed E-state index contributed by atoms with van der Waals surface area (Å²) in [5, 5.41) is 10.0. The van der Waals surface area contributed by atoms with E-state index in [9.17, 15) is 0 Å². The van der Waals surface area contributed by atoms with Crippen molar-refractivity contribution in [3.8, 4) is 0 Å². The van der Waals surface area contributed by atoms with Crippen molar-refractivity contribution in [2.45, 2.75) is 6.42 Å². The van der Waals surface area contributed by atoms with Crippen LogP contribution in [-0.4, -0.2) is 0 Å². The van der Waals surface area contributed by atoms with E-state index in [2.05, 4.69) is 140 Å². The topological polar surface area (TPSA) is 13.1 Å². The molecule has 1 atom stereocenters. The molecule has 0 radical (unpaired) electrons. The van der Waals surface area contributed by atoms with Gasteiger partial charge in [0.15, 0.2) is 0 Å². The minimum absolute atomic E-state index is 0.281. The molecule has 6 aromatic carbocycles. The molecular weight excluding hydrogens is 496 g/mol. The summed E-state index contributed by atoms with van der Waals surface area (Å²) in [5.74, 6) is 0.281. The van der Waals surface area contributed by atoms with Gasteiger partial charge in [0.05, 0.1) is 0 Å². The molecule has 0 N–H and O–H groups in total. The quantitative estimate of drug-likeness (QED) is 0.221. The fraction of sp³-hybridized carbons (Fsp3) is 0.0500. The Morgan fingerprint density at radius 3 is 2.22 bits per heavy atom. The minimum atomic E-state index is 0.281. The van der Waals surface area contributed by atoms with Crippen LogP contribution < -0.4 is 10.4 Å². The molecule has 0 amide bonds. The van der Waals surface area contributed by atoms with Crippen LogP contribution in [-0.2, 0) is 0 Å². The second-order valence-corrected chi connectivity index (χ2v) is 11.2. The summed E-state index contributed by atoms with van der Waals surface area (Å²) >= 11 is 0. The zero-order valence-corrected chi connectivity index (χ0v) is 22.5. The SMILES string of the molecule is C1=CCC2C(=C1)C(c1ccc3ccccc3c1)=c1ccccc1=C2c1ccc2oc3ccc4ccccc4c3c2c1. The largest absolute Gasteiger partial charge is 0.456 e. The number of allylic oxidation sites excluding steroid dienone is 4. The van der Waals surface area contributed by atoms with Crippen molar-refractivity contribution in [2.75, 3.05) is 0 Å². The smallest absolute Gasteiger partial charge is 0.136 e. The van der Waals surface area contributed by atoms with E-state index in [-0.39, 0.29) is 5.92 Å². The lowest BCUT2D eigenvalue weighted by Crippen LogP contribution is -2.37. The summed E-state index contributed by atoms with van der Waals surface area (Å²) in [4.78, 5) is 0. The van der Waals surface area contributed by atoms with Gasteiger partial charge in [0.25, 0.3) is 0 Å². The Balaban J connectivity index is 1.38. The Hall–Kier alpha value is -5.14. The number of rotatable bonds is 2. The Morgan fingerprint density at radius 1 is 0.561 bits per heavy atom. The molecular formula is C40H26O. The van der Waals surface area contributed by atoms with Crippen LogP contribution in [0.15, 0.2) is 150 Å². The third-order valence-electron chi connectivity index (χ3n) is 8.99. The first-order chi connectivity index (χ1) is 20.3. The minimum Gasteiger partial charge on any atom is -0.456 e. The molecule has 2 aliphatic rings. The van der Waals surface area contributed by atoms with Crippen molar-refractivity contribution in [1.29, 1.82) is 0 Å². The summed E-state index contributed by atoms with van der Waals surface area (Å²) < 4.78 is 6.35. The van der Waals surface area contributed by atoms with Crippen molar-refractivity contribution in [3.05, 3.63) is 167 Å². The standard InChI is InChI=1S/C40H26O/c1-2-11-27-23-28(18-17-25(27)9-1)38-31-13-5-7-15-33(31)39(34-16-8-6-14-32(34)38)29-20-21-36-35(24-29)40-30-12-4-3-10-26(30)19-22-37(40)41-36/h1-15,17-24,34H,16H2. The highest BCUT2D eigenvalue weighted by molar-refractivity contribution is 6.19. The van der Waals surface area contributed by atoms with E-state index in [1.807, 2.05) is 0 Å². The highest BCUT2D eigenvalue weighted by Crippen LogP contribution is 2.42. The number of hydrogen-bond donors (Lipinski definition) is 0. The van der Waals surface area contributed by atoms with E-state index in [0.29, 0.717) is 0 Å². The lowest BCUT2D eigenvalue weighted by molar-refractivity contribution is 0.669. The third kappa shape index (κ3) is 3.36. The molecule has 0 bridgehead atoms. The Labute approximate surface area is 237 Å². The molecule has 0 fully saturated rings. The van der Waals surface area contributed by atoms with Crippen molar-refractivity contribution >= 4 is 54.6 Å². The monoisotopic (exact) mass is 522 g/mol. The first kappa shape index (κ1) is 22.7. The van der Waals surface area contributed by atoms with Gasteiger partial charge in [-0.2, -0.15) is 0 Å². The van der Waals surface area contributed by atoms with Crippen LogP contribution in [0.3, 0.4) is 0 Å². The van der Waals surface area contributed by atoms with Crippen molar-refractivity contribution in [3.63, 3.8) is 0 Å². The fourth-order valence-electron chi connectivity index (χ4n) is 7.18. The number of fused-ring (bicyclic) bond motifs is 8. The van der Waals surface area contributed by atoms with Crippen LogP contribution >= 0.6 is 0 Å². The zero-order valence-electron chi connectivity index (χ0n) is 22.5. The van der Waals surface area contributed by atoms with E-state index in [1.54, 1.807) is 0 Å². The van der Waals surface area contributed by atoms with Gasteiger partial charge in [-0.1, -0.05) is 115 Å². The summed E-state index contributed by atoms with van der Waals surface area (Å²) in [6.07, 6.45) is 7.88. The molecule has 0 aliphatic heterocycles. The number of furan rings is 1. The van der Waals surface area contributed by atoms with Gasteiger partial charge in [0, 0.05) is 16.7 Å². The van der Waals surface area contributed by atoms with E-state index in [4.69, 9.17) is 4.42 Å². The molecule has 1 heterocycles. The van der Waals surface area contributed by atoms with Crippen LogP contribution in [0.2, 0.25) is 0 Å². The van der Waals surface area contributed by atoms with Gasteiger partial charge < -0.3 is 4.42 Å². The number of benzene rings is 6. The Bertz CT molecular complexity index is 2400. The molecule has 0 saturated heterocycles. The molecule has 2 aliphatic carbocycles. The van der Waals surface area contributed by atoms with Gasteiger partial charge in [0.2, 0.25) is 0 Å². The molecule has 7 aromatic rings. The first-order valence-electron chi connectivity index (χ1n) is 14.4. The van der Waals surface area contributed by atoms with Gasteiger partial charge in [-0.3, -0.25) is 0 Å². The summed E-state index contributed by atoms with van der Waals surface area (Å²) in [5.41, 5.74) is 8.58. The predicted octanol–water partition coefficient (Wildman–Crippen LogP) is 8.81. The van der Waals surface area contributed by atoms with Gasteiger partial charge in [-0.25, -0.2) is 0 Å². The predicted molar refractivity (Wildman–Crippen MR) is 171 cm³/mol. The molecule has 192 valence electrons. The zero-order chi connectivity index (χ0) is 26.9. The van der Waals surface area contributed by atoms with Gasteiger partial charge in [-0.05, 0) is 90.5 Å². The fourth-order valence-corrected chi connectivity index (χ4v) is 7.18. The first-order valence-corrected chi connectivity index (χ1v) is 14.4. The van der Waals surface area contributed by atoms with Crippen molar-refractivity contribution in [2.24, 2.45) is 5.92 Å². The van der Waals surface area contributed by atoms with E-state index >= 15 is 0 Å². The maximum Gasteiger partial charge on any atom is 0.136 e. The molecule has 41 heavy (non-hydrogen) atoms. The van der Waals surface area contributed by atoms with Crippen LogP contribution in [0.4, 0.5) is 0 Å².